The van der Waals surface area contributed by atoms with E-state index in [1.807, 2.05) is 23.6 Å². The molecule has 8 nitrogen and oxygen atoms in total. The summed E-state index contributed by atoms with van der Waals surface area (Å²) in [5, 5.41) is 9.60. The average molecular weight is 456 g/mol. The molecule has 0 aromatic carbocycles. The second-order valence-electron chi connectivity index (χ2n) is 9.75. The second-order valence-corrected chi connectivity index (χ2v) is 11.2. The lowest BCUT2D eigenvalue weighted by molar-refractivity contribution is -0.139. The van der Waals surface area contributed by atoms with Gasteiger partial charge in [0.25, 0.3) is 0 Å². The van der Waals surface area contributed by atoms with Gasteiger partial charge in [0.2, 0.25) is 11.8 Å². The Morgan fingerprint density at radius 1 is 1.16 bits per heavy atom. The Balaban J connectivity index is 2.02. The Morgan fingerprint density at radius 2 is 1.77 bits per heavy atom. The molecular formula is C22H37N3O5S. The number of hydrogen-bond acceptors (Lipinski definition) is 6. The van der Waals surface area contributed by atoms with Gasteiger partial charge in [-0.1, -0.05) is 13.8 Å². The highest BCUT2D eigenvalue weighted by atomic mass is 32.2. The first-order valence-electron chi connectivity index (χ1n) is 11.0. The van der Waals surface area contributed by atoms with Crippen LogP contribution in [0.2, 0.25) is 0 Å². The summed E-state index contributed by atoms with van der Waals surface area (Å²) in [7, 11) is 0. The lowest BCUT2D eigenvalue weighted by Gasteiger charge is -2.44. The smallest absolute Gasteiger partial charge is 0.433 e. The molecule has 0 bridgehead atoms. The zero-order valence-electron chi connectivity index (χ0n) is 19.6. The van der Waals surface area contributed by atoms with Gasteiger partial charge in [-0.25, -0.2) is 4.79 Å². The predicted molar refractivity (Wildman–Crippen MR) is 122 cm³/mol. The molecule has 2 atom stereocenters. The molecule has 1 unspecified atom stereocenters. The van der Waals surface area contributed by atoms with Gasteiger partial charge in [-0.15, -0.1) is 11.8 Å². The third-order valence-corrected chi connectivity index (χ3v) is 7.10. The van der Waals surface area contributed by atoms with Crippen LogP contribution in [0.15, 0.2) is 4.99 Å². The SMILES string of the molecule is CC(C)C(C=NC(=O)OC(C)(C)C)C(=O)N1CCC2(CC1)SCCN2C(=O)C[C@@H](C)O. The van der Waals surface area contributed by atoms with Crippen molar-refractivity contribution < 1.29 is 24.2 Å². The molecule has 1 spiro atoms. The van der Waals surface area contributed by atoms with Gasteiger partial charge in [-0.3, -0.25) is 9.59 Å². The lowest BCUT2D eigenvalue weighted by Crippen LogP contribution is -2.55. The molecule has 176 valence electrons. The first-order chi connectivity index (χ1) is 14.3. The maximum absolute atomic E-state index is 13.2. The van der Waals surface area contributed by atoms with E-state index in [4.69, 9.17) is 4.74 Å². The van der Waals surface area contributed by atoms with E-state index in [-0.39, 0.29) is 29.0 Å². The maximum Gasteiger partial charge on any atom is 0.433 e. The molecule has 0 aromatic heterocycles. The fourth-order valence-electron chi connectivity index (χ4n) is 3.98. The van der Waals surface area contributed by atoms with Crippen LogP contribution < -0.4 is 0 Å². The number of likely N-dealkylation sites (tertiary alicyclic amines) is 1. The van der Waals surface area contributed by atoms with E-state index in [1.165, 1.54) is 6.21 Å². The standard InChI is InChI=1S/C22H37N3O5S/c1-15(2)17(14-23-20(29)30-21(4,5)6)19(28)24-9-7-22(8-10-24)25(11-12-31-22)18(27)13-16(3)26/h14-17,26H,7-13H2,1-6H3/t16-,17?/m1/s1. The molecule has 0 aromatic rings. The minimum Gasteiger partial charge on any atom is -0.442 e. The van der Waals surface area contributed by atoms with Crippen molar-refractivity contribution in [2.75, 3.05) is 25.4 Å². The van der Waals surface area contributed by atoms with Crippen LogP contribution in [0, 0.1) is 11.8 Å². The number of ether oxygens (including phenoxy) is 1. The van der Waals surface area contributed by atoms with E-state index in [0.29, 0.717) is 32.5 Å². The molecule has 2 fully saturated rings. The van der Waals surface area contributed by atoms with E-state index >= 15 is 0 Å². The van der Waals surface area contributed by atoms with Gasteiger partial charge in [0.15, 0.2) is 0 Å². The number of aliphatic imine (C=N–C) groups is 1. The number of carbonyl (C=O) groups excluding carboxylic acids is 3. The molecule has 9 heteroatoms. The summed E-state index contributed by atoms with van der Waals surface area (Å²) in [4.78, 5) is 45.0. The van der Waals surface area contributed by atoms with Crippen molar-refractivity contribution in [1.82, 2.24) is 9.80 Å². The van der Waals surface area contributed by atoms with Crippen molar-refractivity contribution in [2.45, 2.75) is 77.4 Å². The van der Waals surface area contributed by atoms with Gasteiger partial charge >= 0.3 is 6.09 Å². The maximum atomic E-state index is 13.2. The van der Waals surface area contributed by atoms with Gasteiger partial charge in [-0.2, -0.15) is 4.99 Å². The lowest BCUT2D eigenvalue weighted by atomic mass is 9.93. The van der Waals surface area contributed by atoms with E-state index in [1.54, 1.807) is 39.5 Å². The average Bonchev–Trinajstić information content (AvgIpc) is 3.03. The van der Waals surface area contributed by atoms with Crippen molar-refractivity contribution >= 4 is 35.9 Å². The number of aliphatic hydroxyl groups is 1. The van der Waals surface area contributed by atoms with Gasteiger partial charge in [-0.05, 0) is 46.5 Å². The zero-order valence-corrected chi connectivity index (χ0v) is 20.4. The van der Waals surface area contributed by atoms with E-state index in [0.717, 1.165) is 5.75 Å². The van der Waals surface area contributed by atoms with Crippen LogP contribution >= 0.6 is 11.8 Å². The summed E-state index contributed by atoms with van der Waals surface area (Å²) in [5.74, 6) is 0.271. The van der Waals surface area contributed by atoms with E-state index < -0.39 is 23.7 Å². The largest absolute Gasteiger partial charge is 0.442 e. The highest BCUT2D eigenvalue weighted by molar-refractivity contribution is 8.00. The van der Waals surface area contributed by atoms with Crippen LogP contribution in [0.1, 0.15) is 60.8 Å². The quantitative estimate of drug-likeness (QED) is 0.640. The van der Waals surface area contributed by atoms with Gasteiger partial charge < -0.3 is 19.6 Å². The van der Waals surface area contributed by atoms with Crippen LogP contribution in [0.3, 0.4) is 0 Å². The zero-order chi connectivity index (χ0) is 23.4. The molecule has 2 aliphatic heterocycles. The Morgan fingerprint density at radius 3 is 2.29 bits per heavy atom. The van der Waals surface area contributed by atoms with Crippen LogP contribution in [-0.4, -0.2) is 81.0 Å². The third kappa shape index (κ3) is 6.94. The van der Waals surface area contributed by atoms with Crippen molar-refractivity contribution in [3.63, 3.8) is 0 Å². The molecule has 0 radical (unpaired) electrons. The predicted octanol–water partition coefficient (Wildman–Crippen LogP) is 2.93. The molecule has 0 aliphatic carbocycles. The fraction of sp³-hybridized carbons (Fsp3) is 0.818. The van der Waals surface area contributed by atoms with Crippen LogP contribution in [-0.2, 0) is 14.3 Å². The molecule has 2 rings (SSSR count). The molecule has 2 heterocycles. The number of rotatable bonds is 5. The number of thioether (sulfide) groups is 1. The monoisotopic (exact) mass is 455 g/mol. The van der Waals surface area contributed by atoms with Gasteiger partial charge in [0, 0.05) is 31.6 Å². The molecule has 2 aliphatic rings. The summed E-state index contributed by atoms with van der Waals surface area (Å²) in [6.07, 6.45) is 1.58. The Bertz CT molecular complexity index is 694. The summed E-state index contributed by atoms with van der Waals surface area (Å²) in [5.41, 5.74) is -0.636. The number of aliphatic hydroxyl groups excluding tert-OH is 1. The highest BCUT2D eigenvalue weighted by Gasteiger charge is 2.47. The third-order valence-electron chi connectivity index (χ3n) is 5.54. The number of amides is 3. The van der Waals surface area contributed by atoms with E-state index in [9.17, 15) is 19.5 Å². The number of nitrogens with zero attached hydrogens (tertiary/aromatic N) is 3. The van der Waals surface area contributed by atoms with Crippen LogP contribution in [0.5, 0.6) is 0 Å². The van der Waals surface area contributed by atoms with Crippen LogP contribution in [0.4, 0.5) is 4.79 Å². The molecule has 3 amide bonds. The summed E-state index contributed by atoms with van der Waals surface area (Å²) >= 11 is 1.77. The molecule has 2 saturated heterocycles. The van der Waals surface area contributed by atoms with E-state index in [2.05, 4.69) is 4.99 Å². The van der Waals surface area contributed by atoms with Crippen molar-refractivity contribution in [3.05, 3.63) is 0 Å². The van der Waals surface area contributed by atoms with Gasteiger partial charge in [0.1, 0.15) is 5.60 Å². The normalized spacial score (nSPS) is 21.0. The van der Waals surface area contributed by atoms with Crippen LogP contribution in [0.25, 0.3) is 0 Å². The summed E-state index contributed by atoms with van der Waals surface area (Å²) in [6, 6.07) is 0. The van der Waals surface area contributed by atoms with Crippen molar-refractivity contribution in [1.29, 1.82) is 0 Å². The highest BCUT2D eigenvalue weighted by Crippen LogP contribution is 2.44. The minimum atomic E-state index is -0.696. The first-order valence-corrected chi connectivity index (χ1v) is 12.0. The number of hydrogen-bond donors (Lipinski definition) is 1. The fourth-order valence-corrected chi connectivity index (χ4v) is 5.45. The first kappa shape index (κ1) is 25.6. The van der Waals surface area contributed by atoms with Crippen molar-refractivity contribution in [3.8, 4) is 0 Å². The summed E-state index contributed by atoms with van der Waals surface area (Å²) < 4.78 is 5.20. The topological polar surface area (TPSA) is 99.5 Å². The Hall–Kier alpha value is -1.61. The van der Waals surface area contributed by atoms with Crippen molar-refractivity contribution in [2.24, 2.45) is 16.8 Å². The number of piperidine rings is 1. The van der Waals surface area contributed by atoms with Gasteiger partial charge in [0.05, 0.1) is 23.3 Å². The minimum absolute atomic E-state index is 0.0143. The summed E-state index contributed by atoms with van der Waals surface area (Å²) in [6.45, 7) is 12.6. The number of carbonyl (C=O) groups is 3. The molecular weight excluding hydrogens is 418 g/mol. The molecule has 31 heavy (non-hydrogen) atoms. The Labute approximate surface area is 189 Å². The Kier molecular flexibility index (Phi) is 8.55. The molecule has 1 N–H and O–H groups in total. The second kappa shape index (κ2) is 10.3. The molecule has 0 saturated carbocycles.